The molecule has 0 atom stereocenters. The lowest BCUT2D eigenvalue weighted by molar-refractivity contribution is 0.658. The molecule has 0 radical (unpaired) electrons. The van der Waals surface area contributed by atoms with E-state index in [1.807, 2.05) is 0 Å². The second kappa shape index (κ2) is 18.1. The Balaban J connectivity index is 1.06. The Morgan fingerprint density at radius 2 is 0.447 bits per heavy atom. The zero-order valence-corrected chi connectivity index (χ0v) is 42.4. The van der Waals surface area contributed by atoms with Gasteiger partial charge < -0.3 is 9.80 Å². The molecule has 1 spiro atoms. The van der Waals surface area contributed by atoms with Crippen LogP contribution in [0.2, 0.25) is 0 Å². The molecule has 0 aromatic heterocycles. The van der Waals surface area contributed by atoms with Gasteiger partial charge in [0.2, 0.25) is 0 Å². The molecule has 2 aliphatic rings. The zero-order valence-electron chi connectivity index (χ0n) is 41.6. The molecule has 3 nitrogen and oxygen atoms in total. The number of nitrogens with zero attached hydrogens (tertiary/aromatic N) is 2. The van der Waals surface area contributed by atoms with Gasteiger partial charge in [-0.2, -0.15) is 0 Å². The Morgan fingerprint density at radius 3 is 0.737 bits per heavy atom. The maximum Gasteiger partial charge on any atom is 0.0553 e. The molecule has 4 heteroatoms. The van der Waals surface area contributed by atoms with Crippen LogP contribution in [-0.4, -0.2) is 4.21 Å². The second-order valence-corrected chi connectivity index (χ2v) is 23.2. The van der Waals surface area contributed by atoms with Crippen LogP contribution in [0.5, 0.6) is 0 Å². The van der Waals surface area contributed by atoms with Crippen LogP contribution >= 0.6 is 0 Å². The molecule has 76 heavy (non-hydrogen) atoms. The summed E-state index contributed by atoms with van der Waals surface area (Å²) in [7, 11) is -4.38. The van der Waals surface area contributed by atoms with E-state index in [9.17, 15) is 0 Å². The lowest BCUT2D eigenvalue weighted by Gasteiger charge is -2.39. The third-order valence-electron chi connectivity index (χ3n) is 15.4. The molecule has 0 N–H and O–H groups in total. The second-order valence-electron chi connectivity index (χ2n) is 19.6. The summed E-state index contributed by atoms with van der Waals surface area (Å²) in [6.45, 7) is 0. The van der Waals surface area contributed by atoms with E-state index >= 15 is 4.21 Å². The Hall–Kier alpha value is -9.61. The summed E-state index contributed by atoms with van der Waals surface area (Å²) < 4.78 is 18.5. The van der Waals surface area contributed by atoms with Crippen molar-refractivity contribution in [3.05, 3.63) is 303 Å². The van der Waals surface area contributed by atoms with Gasteiger partial charge in [0.05, 0.1) is 11.4 Å². The van der Waals surface area contributed by atoms with E-state index in [4.69, 9.17) is 0 Å². The molecule has 0 amide bonds. The zero-order chi connectivity index (χ0) is 50.7. The molecule has 12 aromatic carbocycles. The molecule has 0 saturated heterocycles. The van der Waals surface area contributed by atoms with Gasteiger partial charge in [-0.25, -0.2) is 0 Å². The highest BCUT2D eigenvalue weighted by Crippen LogP contribution is 2.73. The molecule has 12 aromatic rings. The minimum atomic E-state index is -4.38. The van der Waals surface area contributed by atoms with Gasteiger partial charge in [-0.15, -0.1) is 0 Å². The fourth-order valence-corrected chi connectivity index (χ4v) is 17.1. The van der Waals surface area contributed by atoms with Crippen molar-refractivity contribution in [3.8, 4) is 66.8 Å². The average Bonchev–Trinajstić information content (AvgIpc) is 4.14. The highest BCUT2D eigenvalue weighted by Gasteiger charge is 2.59. The van der Waals surface area contributed by atoms with Gasteiger partial charge >= 0.3 is 0 Å². The third-order valence-corrected chi connectivity index (χ3v) is 20.2. The van der Waals surface area contributed by atoms with E-state index in [0.717, 1.165) is 120 Å². The van der Waals surface area contributed by atoms with Gasteiger partial charge in [-0.3, -0.25) is 4.21 Å². The van der Waals surface area contributed by atoms with Crippen molar-refractivity contribution < 1.29 is 4.21 Å². The average molecular weight is 991 g/mol. The number of hydrogen-bond donors (Lipinski definition) is 0. The molecule has 0 saturated carbocycles. The molecule has 0 unspecified atom stereocenters. The van der Waals surface area contributed by atoms with Crippen molar-refractivity contribution in [2.75, 3.05) is 9.80 Å². The van der Waals surface area contributed by atoms with Gasteiger partial charge in [0.1, 0.15) is 0 Å². The monoisotopic (exact) mass is 990 g/mol. The predicted molar refractivity (Wildman–Crippen MR) is 316 cm³/mol. The first-order chi connectivity index (χ1) is 37.5. The summed E-state index contributed by atoms with van der Waals surface area (Å²) in [6.07, 6.45) is 0. The standard InChI is InChI=1S/C72H50N2OS/c75-76(67-31-15-13-27-63(67)64-28-14-16-32-68(64)76)69-33-17-29-65(73(59-43-35-55(36-44-59)51-19-5-1-6-20-51)60-45-37-56(38-46-60)52-21-7-2-8-22-52)71(69)72-66(30-18-34-70(72)76)74(61-47-39-57(40-48-61)53-23-9-3-10-24-53)62-49-41-58(42-50-62)54-25-11-4-12-26-54/h1-50H. The van der Waals surface area contributed by atoms with Crippen molar-refractivity contribution in [2.45, 2.75) is 19.6 Å². The minimum Gasteiger partial charge on any atom is -0.310 e. The largest absolute Gasteiger partial charge is 0.310 e. The van der Waals surface area contributed by atoms with Crippen LogP contribution in [-0.2, 0) is 9.07 Å². The number of anilines is 6. The molecule has 14 rings (SSSR count). The summed E-state index contributed by atoms with van der Waals surface area (Å²) in [6, 6.07) is 107. The Labute approximate surface area is 444 Å². The molecular weight excluding hydrogens is 941 g/mol. The van der Waals surface area contributed by atoms with E-state index < -0.39 is 9.07 Å². The van der Waals surface area contributed by atoms with Crippen molar-refractivity contribution in [1.29, 1.82) is 0 Å². The van der Waals surface area contributed by atoms with Gasteiger partial charge in [-0.1, -0.05) is 218 Å². The van der Waals surface area contributed by atoms with Gasteiger partial charge in [-0.05, 0) is 141 Å². The lowest BCUT2D eigenvalue weighted by Crippen LogP contribution is -2.30. The highest BCUT2D eigenvalue weighted by atomic mass is 32.3. The molecular formula is C72H50N2OS. The van der Waals surface area contributed by atoms with Crippen molar-refractivity contribution in [3.63, 3.8) is 0 Å². The van der Waals surface area contributed by atoms with Crippen molar-refractivity contribution >= 4 is 43.2 Å². The number of hydrogen-bond acceptors (Lipinski definition) is 3. The van der Waals surface area contributed by atoms with Crippen LogP contribution < -0.4 is 9.80 Å². The number of benzene rings is 12. The van der Waals surface area contributed by atoms with Gasteiger partial charge in [0.25, 0.3) is 0 Å². The first-order valence-electron chi connectivity index (χ1n) is 25.9. The molecule has 360 valence electrons. The smallest absolute Gasteiger partial charge is 0.0553 e. The topological polar surface area (TPSA) is 23.6 Å². The summed E-state index contributed by atoms with van der Waals surface area (Å²) in [5, 5.41) is 0. The van der Waals surface area contributed by atoms with E-state index in [-0.39, 0.29) is 0 Å². The van der Waals surface area contributed by atoms with Crippen LogP contribution in [0.3, 0.4) is 0 Å². The quantitative estimate of drug-likeness (QED) is 0.136. The maximum absolute atomic E-state index is 18.5. The van der Waals surface area contributed by atoms with E-state index in [1.165, 1.54) is 0 Å². The summed E-state index contributed by atoms with van der Waals surface area (Å²) in [4.78, 5) is 8.03. The summed E-state index contributed by atoms with van der Waals surface area (Å²) in [5.41, 5.74) is 18.8. The SMILES string of the molecule is O=S12(c3ccccc3-c3ccccc31)c1cccc(N(c3ccc(-c4ccccc4)cc3)c3ccc(-c4ccccc4)cc3)c1-c1c(N(c3ccc(-c4ccccc4)cc3)c3ccc(-c4ccccc4)cc3)cccc12. The Kier molecular flexibility index (Phi) is 10.7. The summed E-state index contributed by atoms with van der Waals surface area (Å²) in [5.74, 6) is 0. The van der Waals surface area contributed by atoms with Crippen LogP contribution in [0.25, 0.3) is 66.8 Å². The lowest BCUT2D eigenvalue weighted by atomic mass is 9.97. The van der Waals surface area contributed by atoms with Crippen LogP contribution in [0.4, 0.5) is 34.1 Å². The number of rotatable bonds is 10. The van der Waals surface area contributed by atoms with Crippen LogP contribution in [0, 0.1) is 0 Å². The highest BCUT2D eigenvalue weighted by molar-refractivity contribution is 8.21. The third kappa shape index (κ3) is 6.99. The van der Waals surface area contributed by atoms with Crippen molar-refractivity contribution in [2.24, 2.45) is 0 Å². The Morgan fingerprint density at radius 1 is 0.211 bits per heavy atom. The van der Waals surface area contributed by atoms with Crippen LogP contribution in [0.1, 0.15) is 0 Å². The van der Waals surface area contributed by atoms with E-state index in [0.29, 0.717) is 0 Å². The van der Waals surface area contributed by atoms with Gasteiger partial charge in [0.15, 0.2) is 0 Å². The molecule has 2 aliphatic heterocycles. The fourth-order valence-electron chi connectivity index (χ4n) is 11.9. The van der Waals surface area contributed by atoms with E-state index in [2.05, 4.69) is 313 Å². The predicted octanol–water partition coefficient (Wildman–Crippen LogP) is 19.6. The summed E-state index contributed by atoms with van der Waals surface area (Å²) >= 11 is 0. The molecule has 2 heterocycles. The maximum atomic E-state index is 18.5. The molecule has 0 aliphatic carbocycles. The molecule has 0 bridgehead atoms. The van der Waals surface area contributed by atoms with Gasteiger partial charge in [0, 0.05) is 62.5 Å². The number of fused-ring (bicyclic) bond motifs is 10. The normalized spacial score (nSPS) is 13.6. The van der Waals surface area contributed by atoms with E-state index in [1.54, 1.807) is 0 Å². The van der Waals surface area contributed by atoms with Crippen LogP contribution in [0.15, 0.2) is 323 Å². The molecule has 0 fully saturated rings. The minimum absolute atomic E-state index is 0.806. The Bertz CT molecular complexity index is 3740. The van der Waals surface area contributed by atoms with Crippen molar-refractivity contribution in [1.82, 2.24) is 0 Å². The first kappa shape index (κ1) is 45.0. The fraction of sp³-hybridized carbons (Fsp3) is 0. The first-order valence-corrected chi connectivity index (χ1v) is 27.9.